The van der Waals surface area contributed by atoms with Gasteiger partial charge in [-0.05, 0) is 25.2 Å². The third kappa shape index (κ3) is 7.93. The first kappa shape index (κ1) is 27.9. The molecule has 0 bridgehead atoms. The summed E-state index contributed by atoms with van der Waals surface area (Å²) in [4.78, 5) is 34.7. The van der Waals surface area contributed by atoms with Crippen LogP contribution in [0.25, 0.3) is 11.2 Å². The van der Waals surface area contributed by atoms with Gasteiger partial charge >= 0.3 is 19.8 Å². The predicted octanol–water partition coefficient (Wildman–Crippen LogP) is 2.78. The highest BCUT2D eigenvalue weighted by molar-refractivity contribution is 7.48. The van der Waals surface area contributed by atoms with E-state index in [9.17, 15) is 14.2 Å². The monoisotopic (exact) mass is 529 g/mol. The molecule has 3 atom stereocenters. The Morgan fingerprint density at radius 1 is 1.14 bits per heavy atom. The summed E-state index contributed by atoms with van der Waals surface area (Å²) in [5, 5.41) is 0. The van der Waals surface area contributed by atoms with Crippen molar-refractivity contribution in [2.24, 2.45) is 5.92 Å². The van der Waals surface area contributed by atoms with Crippen LogP contribution in [0.5, 0.6) is 5.88 Å². The van der Waals surface area contributed by atoms with Crippen LogP contribution in [0.1, 0.15) is 53.2 Å². The van der Waals surface area contributed by atoms with E-state index in [0.29, 0.717) is 30.8 Å². The number of nitrogens with two attached hydrogens (primary N) is 1. The Morgan fingerprint density at radius 3 is 2.58 bits per heavy atom. The van der Waals surface area contributed by atoms with E-state index in [4.69, 9.17) is 33.5 Å². The number of nitrogens with zero attached hydrogens (tertiary/aromatic N) is 4. The Labute approximate surface area is 208 Å². The van der Waals surface area contributed by atoms with Crippen LogP contribution < -0.4 is 10.5 Å². The van der Waals surface area contributed by atoms with Crippen LogP contribution >= 0.6 is 7.82 Å². The summed E-state index contributed by atoms with van der Waals surface area (Å²) >= 11 is 0. The van der Waals surface area contributed by atoms with E-state index in [-0.39, 0.29) is 43.8 Å². The number of phosphoric acid groups is 1. The van der Waals surface area contributed by atoms with Gasteiger partial charge in [0, 0.05) is 13.8 Å². The lowest BCUT2D eigenvalue weighted by molar-refractivity contribution is -0.142. The maximum atomic E-state index is 13.1. The van der Waals surface area contributed by atoms with Crippen molar-refractivity contribution in [3.63, 3.8) is 0 Å². The largest absolute Gasteiger partial charge is 0.474 e. The van der Waals surface area contributed by atoms with Crippen molar-refractivity contribution >= 4 is 36.9 Å². The second-order valence-corrected chi connectivity index (χ2v) is 10.2. The quantitative estimate of drug-likeness (QED) is 0.228. The van der Waals surface area contributed by atoms with Crippen LogP contribution in [-0.2, 0) is 37.2 Å². The normalized spacial score (nSPS) is 19.5. The maximum absolute atomic E-state index is 13.1. The van der Waals surface area contributed by atoms with Crippen LogP contribution in [0, 0.1) is 5.92 Å². The number of hydrogen-bond acceptors (Lipinski definition) is 13. The van der Waals surface area contributed by atoms with Gasteiger partial charge in [-0.2, -0.15) is 9.97 Å². The van der Waals surface area contributed by atoms with Crippen molar-refractivity contribution < 1.29 is 41.9 Å². The zero-order chi connectivity index (χ0) is 26.3. The van der Waals surface area contributed by atoms with Gasteiger partial charge in [-0.1, -0.05) is 13.8 Å². The number of rotatable bonds is 13. The van der Waals surface area contributed by atoms with E-state index in [0.717, 1.165) is 0 Å². The predicted molar refractivity (Wildman–Crippen MR) is 126 cm³/mol. The first-order chi connectivity index (χ1) is 17.1. The number of hydrogen-bond donors (Lipinski definition) is 1. The van der Waals surface area contributed by atoms with E-state index in [1.807, 2.05) is 13.8 Å². The van der Waals surface area contributed by atoms with Gasteiger partial charge in [-0.25, -0.2) is 9.55 Å². The summed E-state index contributed by atoms with van der Waals surface area (Å²) in [7, 11) is -3.91. The molecular weight excluding hydrogens is 497 g/mol. The van der Waals surface area contributed by atoms with Gasteiger partial charge < -0.3 is 19.9 Å². The number of phosphoric ester groups is 1. The molecule has 1 aliphatic rings. The zero-order valence-corrected chi connectivity index (χ0v) is 21.6. The first-order valence-electron chi connectivity index (χ1n) is 11.6. The van der Waals surface area contributed by atoms with Gasteiger partial charge in [0.2, 0.25) is 5.95 Å². The highest BCUT2D eigenvalue weighted by Crippen LogP contribution is 2.50. The smallest absolute Gasteiger partial charge is 0.463 e. The Morgan fingerprint density at radius 2 is 1.89 bits per heavy atom. The number of aromatic nitrogens is 4. The van der Waals surface area contributed by atoms with Gasteiger partial charge in [0.05, 0.1) is 32.3 Å². The summed E-state index contributed by atoms with van der Waals surface area (Å²) in [6.45, 7) is 6.45. The summed E-state index contributed by atoms with van der Waals surface area (Å²) in [6, 6.07) is 0. The minimum atomic E-state index is -3.91. The molecule has 3 rings (SSSR count). The topological polar surface area (TPSA) is 176 Å². The van der Waals surface area contributed by atoms with Crippen LogP contribution in [0.2, 0.25) is 0 Å². The molecule has 2 N–H and O–H groups in total. The van der Waals surface area contributed by atoms with E-state index < -0.39 is 32.1 Å². The summed E-state index contributed by atoms with van der Waals surface area (Å²) in [6.07, 6.45) is 2.45. The molecule has 0 spiro atoms. The fraction of sp³-hybridized carbons (Fsp3) is 0.667. The molecule has 0 amide bonds. The number of ether oxygens (including phenoxy) is 3. The number of carbonyl (C=O) groups is 2. The Hall–Kier alpha value is -2.64. The third-order valence-electron chi connectivity index (χ3n) is 5.04. The number of anilines is 1. The highest BCUT2D eigenvalue weighted by Gasteiger charge is 2.33. The number of imidazole rings is 1. The van der Waals surface area contributed by atoms with E-state index in [1.165, 1.54) is 20.2 Å². The molecule has 36 heavy (non-hydrogen) atoms. The highest BCUT2D eigenvalue weighted by atomic mass is 31.2. The molecule has 1 fully saturated rings. The minimum absolute atomic E-state index is 0.0352. The molecule has 0 radical (unpaired) electrons. The Bertz CT molecular complexity index is 1110. The second kappa shape index (κ2) is 12.5. The standard InChI is InChI=1S/C21H32N5O9P/c1-13(2)7-8-31-36(29,32-10-9-30-14(3)27)33-11-16-5-6-17(35-16)26-12-23-18-19(26)24-21(22)25-20(18)34-15(4)28/h12-13,16-17H,5-11H2,1-4H3,(H2,22,24,25)/t16-,17+,36?/m0/s1. The lowest BCUT2D eigenvalue weighted by atomic mass is 10.2. The lowest BCUT2D eigenvalue weighted by Gasteiger charge is -2.21. The van der Waals surface area contributed by atoms with Crippen LogP contribution in [0.4, 0.5) is 5.95 Å². The summed E-state index contributed by atoms with van der Waals surface area (Å²) < 4.78 is 47.0. The van der Waals surface area contributed by atoms with Crippen molar-refractivity contribution in [2.75, 3.05) is 32.2 Å². The van der Waals surface area contributed by atoms with Crippen molar-refractivity contribution in [3.05, 3.63) is 6.33 Å². The molecular formula is C21H32N5O9P. The number of nitrogen functional groups attached to an aromatic ring is 1. The van der Waals surface area contributed by atoms with Crippen molar-refractivity contribution in [1.82, 2.24) is 19.5 Å². The van der Waals surface area contributed by atoms with Crippen molar-refractivity contribution in [1.29, 1.82) is 0 Å². The first-order valence-corrected chi connectivity index (χ1v) is 13.0. The zero-order valence-electron chi connectivity index (χ0n) is 20.7. The molecule has 0 aromatic carbocycles. The number of carbonyl (C=O) groups excluding carboxylic acids is 2. The molecule has 1 aliphatic heterocycles. The van der Waals surface area contributed by atoms with Crippen LogP contribution in [0.15, 0.2) is 6.33 Å². The van der Waals surface area contributed by atoms with Gasteiger partial charge in [0.25, 0.3) is 5.88 Å². The second-order valence-electron chi connectivity index (χ2n) is 8.53. The summed E-state index contributed by atoms with van der Waals surface area (Å²) in [5.74, 6) is -0.814. The molecule has 3 heterocycles. The molecule has 1 unspecified atom stereocenters. The third-order valence-corrected chi connectivity index (χ3v) is 6.51. The molecule has 15 heteroatoms. The Balaban J connectivity index is 1.62. The average Bonchev–Trinajstić information content (AvgIpc) is 3.41. The molecule has 0 aliphatic carbocycles. The molecule has 2 aromatic heterocycles. The van der Waals surface area contributed by atoms with Gasteiger partial charge in [0.1, 0.15) is 12.8 Å². The van der Waals surface area contributed by atoms with Crippen LogP contribution in [0.3, 0.4) is 0 Å². The molecule has 200 valence electrons. The van der Waals surface area contributed by atoms with E-state index in [1.54, 1.807) is 4.57 Å². The fourth-order valence-corrected chi connectivity index (χ4v) is 4.56. The maximum Gasteiger partial charge on any atom is 0.474 e. The van der Waals surface area contributed by atoms with E-state index >= 15 is 0 Å². The van der Waals surface area contributed by atoms with Gasteiger partial charge in [-0.15, -0.1) is 0 Å². The fourth-order valence-electron chi connectivity index (χ4n) is 3.36. The number of fused-ring (bicyclic) bond motifs is 1. The van der Waals surface area contributed by atoms with Gasteiger partial charge in [0.15, 0.2) is 11.2 Å². The van der Waals surface area contributed by atoms with Crippen molar-refractivity contribution in [2.45, 2.75) is 59.3 Å². The summed E-state index contributed by atoms with van der Waals surface area (Å²) in [5.41, 5.74) is 6.39. The van der Waals surface area contributed by atoms with Gasteiger partial charge in [-0.3, -0.25) is 27.7 Å². The molecule has 14 nitrogen and oxygen atoms in total. The van der Waals surface area contributed by atoms with Crippen molar-refractivity contribution in [3.8, 4) is 5.88 Å². The molecule has 0 saturated carbocycles. The SMILES string of the molecule is CC(=O)OCCOP(=O)(OCCC(C)C)OC[C@@H]1CC[C@H](n2cnc3c(OC(C)=O)nc(N)nc32)O1. The van der Waals surface area contributed by atoms with Crippen LogP contribution in [-0.4, -0.2) is 64.0 Å². The Kier molecular flexibility index (Phi) is 9.74. The lowest BCUT2D eigenvalue weighted by Crippen LogP contribution is -2.18. The van der Waals surface area contributed by atoms with E-state index in [2.05, 4.69) is 15.0 Å². The number of esters is 2. The minimum Gasteiger partial charge on any atom is -0.463 e. The molecule has 2 aromatic rings. The average molecular weight is 529 g/mol. The molecule has 1 saturated heterocycles.